The molecule has 0 aromatic heterocycles. The van der Waals surface area contributed by atoms with E-state index in [1.54, 1.807) is 0 Å². The Kier molecular flexibility index (Phi) is 6.85. The van der Waals surface area contributed by atoms with Crippen LogP contribution < -0.4 is 20.9 Å². The maximum atomic E-state index is 11.9. The van der Waals surface area contributed by atoms with Gasteiger partial charge in [-0.3, -0.25) is 15.6 Å². The van der Waals surface area contributed by atoms with Crippen molar-refractivity contribution in [3.05, 3.63) is 29.3 Å². The highest BCUT2D eigenvalue weighted by Gasteiger charge is 2.21. The maximum Gasteiger partial charge on any atom is 0.276 e. The van der Waals surface area contributed by atoms with Crippen molar-refractivity contribution in [2.75, 3.05) is 6.61 Å². The Bertz CT molecular complexity index is 571. The van der Waals surface area contributed by atoms with E-state index >= 15 is 0 Å². The van der Waals surface area contributed by atoms with Gasteiger partial charge in [0.05, 0.1) is 0 Å². The summed E-state index contributed by atoms with van der Waals surface area (Å²) in [6.45, 7) is 6.10. The smallest absolute Gasteiger partial charge is 0.276 e. The number of rotatable bonds is 4. The summed E-state index contributed by atoms with van der Waals surface area (Å²) in [5.74, 6) is 1.09. The summed E-state index contributed by atoms with van der Waals surface area (Å²) in [5, 5.41) is 3.73. The number of ether oxygens (including phenoxy) is 1. The molecular formula is C18H27N3O2S. The summed E-state index contributed by atoms with van der Waals surface area (Å²) in [4.78, 5) is 11.9. The molecule has 0 radical (unpaired) electrons. The second kappa shape index (κ2) is 8.87. The molecule has 1 aromatic rings. The predicted octanol–water partition coefficient (Wildman–Crippen LogP) is 2.76. The van der Waals surface area contributed by atoms with Crippen LogP contribution in [0.15, 0.2) is 18.2 Å². The molecule has 6 heteroatoms. The van der Waals surface area contributed by atoms with E-state index in [1.807, 2.05) is 32.0 Å². The lowest BCUT2D eigenvalue weighted by Crippen LogP contribution is -2.52. The summed E-state index contributed by atoms with van der Waals surface area (Å²) < 4.78 is 5.61. The number of hydrazine groups is 1. The molecule has 0 saturated heterocycles. The number of nitrogens with one attached hydrogen (secondary N) is 3. The Morgan fingerprint density at radius 3 is 2.54 bits per heavy atom. The molecule has 2 atom stereocenters. The number of carbonyl (C=O) groups excluding carboxylic acids is 1. The first-order valence-electron chi connectivity index (χ1n) is 8.51. The summed E-state index contributed by atoms with van der Waals surface area (Å²) in [5.41, 5.74) is 7.36. The fourth-order valence-corrected chi connectivity index (χ4v) is 3.26. The quantitative estimate of drug-likeness (QED) is 0.576. The maximum absolute atomic E-state index is 11.9. The standard InChI is InChI=1S/C18H27N3O2S/c1-12-7-4-5-10-15(12)19-18(24)21-20-16(22)11-23-17-13(2)8-6-9-14(17)3/h6,8-9,12,15H,4-5,7,10-11H2,1-3H3,(H,20,22)(H2,19,21,24)/t12-,15+/m0/s1. The lowest BCUT2D eigenvalue weighted by atomic mass is 9.86. The molecule has 1 saturated carbocycles. The normalized spacial score (nSPS) is 20.1. The Balaban J connectivity index is 1.72. The minimum Gasteiger partial charge on any atom is -0.483 e. The van der Waals surface area contributed by atoms with E-state index < -0.39 is 0 Å². The van der Waals surface area contributed by atoms with E-state index in [0.29, 0.717) is 17.1 Å². The van der Waals surface area contributed by atoms with E-state index in [4.69, 9.17) is 17.0 Å². The second-order valence-corrected chi connectivity index (χ2v) is 6.93. The van der Waals surface area contributed by atoms with Crippen molar-refractivity contribution < 1.29 is 9.53 Å². The monoisotopic (exact) mass is 349 g/mol. The summed E-state index contributed by atoms with van der Waals surface area (Å²) in [6, 6.07) is 6.27. The summed E-state index contributed by atoms with van der Waals surface area (Å²) in [7, 11) is 0. The number of hydrogen-bond donors (Lipinski definition) is 3. The molecule has 0 unspecified atom stereocenters. The molecule has 0 bridgehead atoms. The lowest BCUT2D eigenvalue weighted by Gasteiger charge is -2.30. The van der Waals surface area contributed by atoms with E-state index in [9.17, 15) is 4.79 Å². The van der Waals surface area contributed by atoms with Crippen molar-refractivity contribution in [2.45, 2.75) is 52.5 Å². The zero-order chi connectivity index (χ0) is 17.5. The molecule has 0 aliphatic heterocycles. The fourth-order valence-electron chi connectivity index (χ4n) is 3.06. The highest BCUT2D eigenvalue weighted by atomic mass is 32.1. The van der Waals surface area contributed by atoms with Gasteiger partial charge in [0.2, 0.25) is 0 Å². The molecule has 1 aliphatic carbocycles. The predicted molar refractivity (Wildman–Crippen MR) is 99.8 cm³/mol. The largest absolute Gasteiger partial charge is 0.483 e. The Morgan fingerprint density at radius 1 is 1.21 bits per heavy atom. The Labute approximate surface area is 149 Å². The van der Waals surface area contributed by atoms with Gasteiger partial charge in [0, 0.05) is 6.04 Å². The van der Waals surface area contributed by atoms with Crippen LogP contribution in [-0.4, -0.2) is 23.7 Å². The second-order valence-electron chi connectivity index (χ2n) is 6.52. The average Bonchev–Trinajstić information content (AvgIpc) is 2.54. The zero-order valence-corrected chi connectivity index (χ0v) is 15.5. The zero-order valence-electron chi connectivity index (χ0n) is 14.6. The molecular weight excluding hydrogens is 322 g/mol. The van der Waals surface area contributed by atoms with Crippen LogP contribution in [0.25, 0.3) is 0 Å². The fraction of sp³-hybridized carbons (Fsp3) is 0.556. The van der Waals surface area contributed by atoms with Gasteiger partial charge in [-0.1, -0.05) is 38.0 Å². The molecule has 5 nitrogen and oxygen atoms in total. The molecule has 3 N–H and O–H groups in total. The van der Waals surface area contributed by atoms with E-state index in [-0.39, 0.29) is 12.5 Å². The van der Waals surface area contributed by atoms with Gasteiger partial charge in [0.25, 0.3) is 5.91 Å². The molecule has 1 amide bonds. The van der Waals surface area contributed by atoms with Gasteiger partial charge in [-0.15, -0.1) is 0 Å². The Hall–Kier alpha value is -1.82. The average molecular weight is 350 g/mol. The van der Waals surface area contributed by atoms with E-state index in [0.717, 1.165) is 23.3 Å². The lowest BCUT2D eigenvalue weighted by molar-refractivity contribution is -0.123. The van der Waals surface area contributed by atoms with Crippen molar-refractivity contribution in [1.29, 1.82) is 0 Å². The van der Waals surface area contributed by atoms with Crippen LogP contribution in [0.5, 0.6) is 5.75 Å². The summed E-state index contributed by atoms with van der Waals surface area (Å²) >= 11 is 5.25. The third kappa shape index (κ3) is 5.37. The van der Waals surface area contributed by atoms with Crippen molar-refractivity contribution in [2.24, 2.45) is 5.92 Å². The first kappa shape index (κ1) is 18.5. The third-order valence-corrected chi connectivity index (χ3v) is 4.72. The highest BCUT2D eigenvalue weighted by molar-refractivity contribution is 7.80. The van der Waals surface area contributed by atoms with E-state index in [2.05, 4.69) is 23.1 Å². The van der Waals surface area contributed by atoms with Crippen molar-refractivity contribution in [3.8, 4) is 5.75 Å². The van der Waals surface area contributed by atoms with Crippen LogP contribution >= 0.6 is 12.2 Å². The van der Waals surface area contributed by atoms with Crippen LogP contribution in [0.3, 0.4) is 0 Å². The molecule has 132 valence electrons. The van der Waals surface area contributed by atoms with Gasteiger partial charge in [-0.05, 0) is 56.0 Å². The van der Waals surface area contributed by atoms with Crippen LogP contribution in [0.2, 0.25) is 0 Å². The SMILES string of the molecule is Cc1cccc(C)c1OCC(=O)NNC(=S)N[C@@H]1CCCC[C@@H]1C. The van der Waals surface area contributed by atoms with Gasteiger partial charge in [-0.25, -0.2) is 0 Å². The first-order valence-corrected chi connectivity index (χ1v) is 8.92. The molecule has 24 heavy (non-hydrogen) atoms. The number of para-hydroxylation sites is 1. The molecule has 1 aromatic carbocycles. The number of thiocarbonyl (C=S) groups is 1. The number of amides is 1. The van der Waals surface area contributed by atoms with E-state index in [1.165, 1.54) is 19.3 Å². The number of benzene rings is 1. The van der Waals surface area contributed by atoms with Crippen LogP contribution in [-0.2, 0) is 4.79 Å². The number of hydrogen-bond acceptors (Lipinski definition) is 3. The first-order chi connectivity index (χ1) is 11.5. The van der Waals surface area contributed by atoms with Gasteiger partial charge in [0.15, 0.2) is 11.7 Å². The van der Waals surface area contributed by atoms with Gasteiger partial charge >= 0.3 is 0 Å². The third-order valence-electron chi connectivity index (χ3n) is 4.50. The minimum absolute atomic E-state index is 0.0544. The van der Waals surface area contributed by atoms with Crippen LogP contribution in [0, 0.1) is 19.8 Å². The van der Waals surface area contributed by atoms with Crippen LogP contribution in [0.4, 0.5) is 0 Å². The Morgan fingerprint density at radius 2 is 1.88 bits per heavy atom. The van der Waals surface area contributed by atoms with Crippen molar-refractivity contribution >= 4 is 23.2 Å². The topological polar surface area (TPSA) is 62.4 Å². The highest BCUT2D eigenvalue weighted by Crippen LogP contribution is 2.23. The van der Waals surface area contributed by atoms with Gasteiger partial charge < -0.3 is 10.1 Å². The molecule has 0 spiro atoms. The minimum atomic E-state index is -0.265. The molecule has 1 fully saturated rings. The van der Waals surface area contributed by atoms with Crippen molar-refractivity contribution in [1.82, 2.24) is 16.2 Å². The molecule has 2 rings (SSSR count). The van der Waals surface area contributed by atoms with Gasteiger partial charge in [-0.2, -0.15) is 0 Å². The molecule has 0 heterocycles. The number of carbonyl (C=O) groups is 1. The molecule has 1 aliphatic rings. The summed E-state index contributed by atoms with van der Waals surface area (Å²) in [6.07, 6.45) is 4.84. The van der Waals surface area contributed by atoms with Gasteiger partial charge in [0.1, 0.15) is 5.75 Å². The van der Waals surface area contributed by atoms with Crippen molar-refractivity contribution in [3.63, 3.8) is 0 Å². The number of aryl methyl sites for hydroxylation is 2. The van der Waals surface area contributed by atoms with Crippen LogP contribution in [0.1, 0.15) is 43.7 Å².